The van der Waals surface area contributed by atoms with Crippen LogP contribution in [0.15, 0.2) is 34.1 Å². The third-order valence-electron chi connectivity index (χ3n) is 22.6. The first-order valence-electron chi connectivity index (χ1n) is 36.7. The molecule has 534 valence electrons. The van der Waals surface area contributed by atoms with Gasteiger partial charge in [-0.15, -0.1) is 34.0 Å². The van der Waals surface area contributed by atoms with E-state index in [-0.39, 0.29) is 23.6 Å². The molecule has 19 heteroatoms. The van der Waals surface area contributed by atoms with Crippen molar-refractivity contribution in [2.75, 3.05) is 13.1 Å². The number of aryl methyl sites for hydroxylation is 3. The summed E-state index contributed by atoms with van der Waals surface area (Å²) in [4.78, 5) is 60.3. The monoisotopic (exact) mass is 1530 g/mol. The number of carbonyl (C=O) groups is 4. The van der Waals surface area contributed by atoms with Crippen molar-refractivity contribution in [1.82, 2.24) is 27.3 Å². The largest absolute Gasteiger partial charge is 0.274 e. The first kappa shape index (κ1) is 80.9. The van der Waals surface area contributed by atoms with Crippen molar-refractivity contribution in [2.24, 2.45) is 23.7 Å². The number of imide groups is 2. The van der Waals surface area contributed by atoms with Crippen LogP contribution in [0.1, 0.15) is 276 Å². The average Bonchev–Trinajstić information content (AvgIpc) is 1.55. The minimum Gasteiger partial charge on any atom is -0.274 e. The van der Waals surface area contributed by atoms with Crippen LogP contribution in [0.25, 0.3) is 42.9 Å². The maximum absolute atomic E-state index is 15.1. The van der Waals surface area contributed by atoms with Crippen LogP contribution in [-0.4, -0.2) is 88.2 Å². The molecule has 0 aliphatic carbocycles. The summed E-state index contributed by atoms with van der Waals surface area (Å²) in [5.74, 6) is 1.63. The quantitative estimate of drug-likeness (QED) is 0.0351. The van der Waals surface area contributed by atoms with E-state index in [4.69, 9.17) is 8.75 Å². The fraction of sp³-hybridized carbons (Fsp3) is 0.641. The normalized spacial score (nSPS) is 14.8. The number of hydrogen-bond acceptors (Lipinski definition) is 13. The fourth-order valence-corrected chi connectivity index (χ4v) is 51.7. The molecule has 4 amide bonds. The highest BCUT2D eigenvalue weighted by Crippen LogP contribution is 2.52. The highest BCUT2D eigenvalue weighted by atomic mass is 79.9. The minimum absolute atomic E-state index is 0.165. The van der Waals surface area contributed by atoms with Crippen molar-refractivity contribution in [3.8, 4) is 20.9 Å². The topological polar surface area (TPSA) is 126 Å². The molecular formula is C78H119BrN6O4S5Si3. The van der Waals surface area contributed by atoms with Crippen molar-refractivity contribution in [3.63, 3.8) is 0 Å². The molecule has 0 spiro atoms. The average molecular weight is 1530 g/mol. The molecule has 2 unspecified atom stereocenters. The Kier molecular flexibility index (Phi) is 27.8. The summed E-state index contributed by atoms with van der Waals surface area (Å²) in [6.45, 7) is 64.8. The summed E-state index contributed by atoms with van der Waals surface area (Å²) >= 11 is 11.7. The van der Waals surface area contributed by atoms with Crippen molar-refractivity contribution in [2.45, 2.75) is 288 Å². The summed E-state index contributed by atoms with van der Waals surface area (Å²) in [5, 5.41) is 0. The van der Waals surface area contributed by atoms with Gasteiger partial charge in [0.2, 0.25) is 0 Å². The Balaban J connectivity index is 0.000000262. The first-order valence-corrected chi connectivity index (χ1v) is 48.1. The van der Waals surface area contributed by atoms with Gasteiger partial charge in [0.05, 0.1) is 49.5 Å². The molecule has 5 aromatic heterocycles. The lowest BCUT2D eigenvalue weighted by Gasteiger charge is -2.43. The summed E-state index contributed by atoms with van der Waals surface area (Å²) in [6, 6.07) is 10.3. The van der Waals surface area contributed by atoms with Crippen LogP contribution in [0.3, 0.4) is 0 Å². The number of carbonyl (C=O) groups excluding carboxylic acids is 4. The van der Waals surface area contributed by atoms with Gasteiger partial charge in [-0.3, -0.25) is 29.0 Å². The van der Waals surface area contributed by atoms with E-state index in [1.807, 2.05) is 34.0 Å². The van der Waals surface area contributed by atoms with E-state index < -0.39 is 24.2 Å². The van der Waals surface area contributed by atoms with Gasteiger partial charge in [-0.2, -0.15) is 17.5 Å². The van der Waals surface area contributed by atoms with Crippen molar-refractivity contribution in [3.05, 3.63) is 73.1 Å². The summed E-state index contributed by atoms with van der Waals surface area (Å²) < 4.78 is 24.4. The highest BCUT2D eigenvalue weighted by molar-refractivity contribution is 9.11. The third kappa shape index (κ3) is 15.9. The summed E-state index contributed by atoms with van der Waals surface area (Å²) in [7, 11) is -5.46. The second-order valence-corrected chi connectivity index (χ2v) is 56.7. The molecule has 2 aliphatic heterocycles. The van der Waals surface area contributed by atoms with Crippen LogP contribution in [0, 0.1) is 44.4 Å². The Bertz CT molecular complexity index is 3640. The zero-order valence-corrected chi connectivity index (χ0v) is 72.9. The van der Waals surface area contributed by atoms with E-state index in [1.54, 1.807) is 21.5 Å². The minimum atomic E-state index is -2.01. The smallest absolute Gasteiger partial charge is 0.262 e. The van der Waals surface area contributed by atoms with Crippen LogP contribution in [-0.2, 0) is 0 Å². The molecule has 0 radical (unpaired) electrons. The number of hydrogen-bond donors (Lipinski definition) is 0. The number of nitrogens with zero attached hydrogens (tertiary/aromatic N) is 6. The fourth-order valence-electron chi connectivity index (χ4n) is 18.3. The van der Waals surface area contributed by atoms with Gasteiger partial charge in [0.15, 0.2) is 0 Å². The van der Waals surface area contributed by atoms with Crippen molar-refractivity contribution >= 4 is 157 Å². The van der Waals surface area contributed by atoms with Gasteiger partial charge in [-0.05, 0) is 184 Å². The van der Waals surface area contributed by atoms with Gasteiger partial charge in [-0.1, -0.05) is 205 Å². The zero-order chi connectivity index (χ0) is 72.4. The van der Waals surface area contributed by atoms with E-state index in [2.05, 4.69) is 230 Å². The molecule has 7 heterocycles. The highest BCUT2D eigenvalue weighted by Gasteiger charge is 2.51. The van der Waals surface area contributed by atoms with Gasteiger partial charge in [-0.25, -0.2) is 0 Å². The van der Waals surface area contributed by atoms with Crippen LogP contribution >= 0.6 is 73.4 Å². The number of halogens is 1. The SMILES string of the molecule is CC(C)CCCC(C)CCN1C(=O)c2cc3nsnc3cc2C1=O.Cc1cc(-c2c3c(c(-c4cc(C)c([Si](C(C)C)(C(C)C)C(C)C)s4)c4nsnc24)C(=O)N(CCC(C)CCCC(C)C)C3=O)sc1[Si](C(C)C)(C(C)C)C(C)C.Cc1cc(Br)sc1[Si](C(C)C)(C(C)C)C(C)C. The Morgan fingerprint density at radius 3 is 0.969 bits per heavy atom. The Hall–Kier alpha value is -3.41. The lowest BCUT2D eigenvalue weighted by atomic mass is 9.93. The summed E-state index contributed by atoms with van der Waals surface area (Å²) in [5.41, 5.74) is 16.4. The van der Waals surface area contributed by atoms with Gasteiger partial charge in [0.1, 0.15) is 46.3 Å². The molecule has 0 saturated carbocycles. The zero-order valence-electron chi connectivity index (χ0n) is 64.2. The molecule has 97 heavy (non-hydrogen) atoms. The van der Waals surface area contributed by atoms with Crippen LogP contribution in [0.4, 0.5) is 0 Å². The van der Waals surface area contributed by atoms with Gasteiger partial charge < -0.3 is 0 Å². The second kappa shape index (κ2) is 33.4. The molecule has 0 bridgehead atoms. The Morgan fingerprint density at radius 2 is 0.670 bits per heavy atom. The molecule has 9 rings (SSSR count). The molecule has 2 atom stereocenters. The van der Waals surface area contributed by atoms with Crippen molar-refractivity contribution in [1.29, 1.82) is 0 Å². The third-order valence-corrected chi connectivity index (χ3v) is 52.2. The number of aromatic nitrogens is 4. The van der Waals surface area contributed by atoms with Gasteiger partial charge >= 0.3 is 0 Å². The van der Waals surface area contributed by atoms with Gasteiger partial charge in [0.25, 0.3) is 23.6 Å². The lowest BCUT2D eigenvalue weighted by molar-refractivity contribution is 0.0630. The predicted octanol–water partition coefficient (Wildman–Crippen LogP) is 23.8. The van der Waals surface area contributed by atoms with Gasteiger partial charge in [0, 0.05) is 34.0 Å². The molecule has 2 aliphatic rings. The van der Waals surface area contributed by atoms with E-state index in [1.165, 1.54) is 71.8 Å². The number of amides is 4. The van der Waals surface area contributed by atoms with E-state index >= 15 is 9.59 Å². The Labute approximate surface area is 617 Å². The molecule has 0 saturated heterocycles. The molecule has 7 aromatic rings. The van der Waals surface area contributed by atoms with E-state index in [0.29, 0.717) is 97.4 Å². The van der Waals surface area contributed by atoms with E-state index in [0.717, 1.165) is 91.9 Å². The van der Waals surface area contributed by atoms with E-state index in [9.17, 15) is 9.59 Å². The number of thiophene rings is 3. The Morgan fingerprint density at radius 1 is 0.371 bits per heavy atom. The molecule has 2 aromatic carbocycles. The molecule has 0 fully saturated rings. The maximum Gasteiger partial charge on any atom is 0.262 e. The van der Waals surface area contributed by atoms with Crippen molar-refractivity contribution < 1.29 is 19.2 Å². The number of benzene rings is 2. The number of rotatable bonds is 28. The molecular weight excluding hydrogens is 1410 g/mol. The maximum atomic E-state index is 15.1. The standard InChI is InChI=1S/C46H71N3O2S3Si2.C18H23N3O2S.C14H25BrSSi/c1-25(2)19-18-20-32(15)21-22-49-43(50)39-37(35-23-33(16)45(52-35)55(26(3)4,27(5)6)28(7)8)41-42(48-54-47-41)38(40(39)44(49)51)36-24-34(17)46(53-36)56(29(9)10,30(11)12)31(13)14;1-11(2)5-4-6-12(3)7-8-21-17(22)13-9-15-16(20-24-19-15)10-14(13)18(21)23;1-9(2)17(10(3)4,11(5)6)14-12(7)8-13(15)16-14/h23-32H,18-22H2,1-17H3;9-12H,4-8H2,1-3H3;8-11H,1-7H3. The summed E-state index contributed by atoms with van der Waals surface area (Å²) in [6.07, 6.45) is 8.72. The predicted molar refractivity (Wildman–Crippen MR) is 435 cm³/mol. The van der Waals surface area contributed by atoms with Crippen LogP contribution in [0.5, 0.6) is 0 Å². The first-order chi connectivity index (χ1) is 45.4. The second-order valence-electron chi connectivity index (χ2n) is 32.6. The van der Waals surface area contributed by atoms with Crippen LogP contribution < -0.4 is 13.5 Å². The lowest BCUT2D eigenvalue weighted by Crippen LogP contribution is -2.55. The molecule has 0 N–H and O–H groups in total. The van der Waals surface area contributed by atoms with Crippen LogP contribution in [0.2, 0.25) is 49.9 Å². The molecule has 10 nitrogen and oxygen atoms in total. The number of fused-ring (bicyclic) bond motifs is 4.